The van der Waals surface area contributed by atoms with Gasteiger partial charge in [-0.2, -0.15) is 0 Å². The normalized spacial score (nSPS) is 18.4. The average Bonchev–Trinajstić information content (AvgIpc) is 3.03. The van der Waals surface area contributed by atoms with E-state index >= 15 is 0 Å². The molecule has 0 saturated carbocycles. The first-order valence-corrected chi connectivity index (χ1v) is 8.28. The SMILES string of the molecule is Cc1cc(=O)oc2cc(NC(=O)C3CCCN3C(=O)C(C)N)ccc12. The highest BCUT2D eigenvalue weighted by Gasteiger charge is 2.35. The van der Waals surface area contributed by atoms with Crippen LogP contribution < -0.4 is 16.7 Å². The Labute approximate surface area is 144 Å². The number of carbonyl (C=O) groups is 2. The Morgan fingerprint density at radius 1 is 1.36 bits per heavy atom. The van der Waals surface area contributed by atoms with E-state index in [9.17, 15) is 14.4 Å². The van der Waals surface area contributed by atoms with Gasteiger partial charge in [-0.3, -0.25) is 9.59 Å². The van der Waals surface area contributed by atoms with Crippen molar-refractivity contribution in [2.24, 2.45) is 5.73 Å². The number of benzene rings is 1. The fourth-order valence-electron chi connectivity index (χ4n) is 3.19. The van der Waals surface area contributed by atoms with E-state index in [2.05, 4.69) is 5.32 Å². The van der Waals surface area contributed by atoms with Gasteiger partial charge < -0.3 is 20.4 Å². The molecule has 7 nitrogen and oxygen atoms in total. The maximum absolute atomic E-state index is 12.6. The van der Waals surface area contributed by atoms with Crippen LogP contribution in [0.25, 0.3) is 11.0 Å². The molecule has 0 radical (unpaired) electrons. The Morgan fingerprint density at radius 3 is 2.84 bits per heavy atom. The van der Waals surface area contributed by atoms with Gasteiger partial charge in [0.15, 0.2) is 0 Å². The third kappa shape index (κ3) is 3.41. The van der Waals surface area contributed by atoms with Gasteiger partial charge >= 0.3 is 5.63 Å². The lowest BCUT2D eigenvalue weighted by molar-refractivity contribution is -0.137. The summed E-state index contributed by atoms with van der Waals surface area (Å²) < 4.78 is 5.19. The van der Waals surface area contributed by atoms with Crippen LogP contribution in [0.5, 0.6) is 0 Å². The molecule has 2 heterocycles. The number of aryl methyl sites for hydroxylation is 1. The molecule has 1 aliphatic rings. The van der Waals surface area contributed by atoms with E-state index in [0.29, 0.717) is 24.2 Å². The largest absolute Gasteiger partial charge is 0.423 e. The molecule has 0 spiro atoms. The van der Waals surface area contributed by atoms with Crippen LogP contribution in [0, 0.1) is 6.92 Å². The number of nitrogens with one attached hydrogen (secondary N) is 1. The minimum absolute atomic E-state index is 0.224. The number of rotatable bonds is 3. The number of carbonyl (C=O) groups excluding carboxylic acids is 2. The second-order valence-electron chi connectivity index (χ2n) is 6.43. The van der Waals surface area contributed by atoms with Crippen molar-refractivity contribution in [1.29, 1.82) is 0 Å². The Hall–Kier alpha value is -2.67. The molecule has 132 valence electrons. The van der Waals surface area contributed by atoms with Gasteiger partial charge in [-0.25, -0.2) is 4.79 Å². The van der Waals surface area contributed by atoms with E-state index in [1.165, 1.54) is 11.0 Å². The number of nitrogens with zero attached hydrogens (tertiary/aromatic N) is 1. The lowest BCUT2D eigenvalue weighted by Crippen LogP contribution is -2.48. The standard InChI is InChI=1S/C18H21N3O4/c1-10-8-16(22)25-15-9-12(5-6-13(10)15)20-17(23)14-4-3-7-21(14)18(24)11(2)19/h5-6,8-9,11,14H,3-4,7,19H2,1-2H3,(H,20,23). The fraction of sp³-hybridized carbons (Fsp3) is 0.389. The van der Waals surface area contributed by atoms with Crippen molar-refractivity contribution in [3.8, 4) is 0 Å². The molecule has 2 atom stereocenters. The van der Waals surface area contributed by atoms with E-state index in [-0.39, 0.29) is 11.8 Å². The summed E-state index contributed by atoms with van der Waals surface area (Å²) in [5, 5.41) is 3.62. The summed E-state index contributed by atoms with van der Waals surface area (Å²) in [4.78, 5) is 37.8. The Balaban J connectivity index is 1.82. The third-order valence-electron chi connectivity index (χ3n) is 4.45. The molecule has 3 N–H and O–H groups in total. The van der Waals surface area contributed by atoms with E-state index in [1.807, 2.05) is 6.92 Å². The average molecular weight is 343 g/mol. The lowest BCUT2D eigenvalue weighted by Gasteiger charge is -2.25. The molecule has 25 heavy (non-hydrogen) atoms. The minimum atomic E-state index is -0.633. The molecule has 1 fully saturated rings. The van der Waals surface area contributed by atoms with Crippen LogP contribution in [-0.2, 0) is 9.59 Å². The predicted octanol–water partition coefficient (Wildman–Crippen LogP) is 1.38. The Kier molecular flexibility index (Phi) is 4.59. The second kappa shape index (κ2) is 6.68. The number of nitrogens with two attached hydrogens (primary N) is 1. The highest BCUT2D eigenvalue weighted by Crippen LogP contribution is 2.23. The zero-order chi connectivity index (χ0) is 18.1. The highest BCUT2D eigenvalue weighted by molar-refractivity contribution is 5.99. The van der Waals surface area contributed by atoms with Crippen LogP contribution in [-0.4, -0.2) is 35.3 Å². The van der Waals surface area contributed by atoms with Crippen molar-refractivity contribution in [1.82, 2.24) is 4.90 Å². The van der Waals surface area contributed by atoms with Crippen molar-refractivity contribution in [2.75, 3.05) is 11.9 Å². The highest BCUT2D eigenvalue weighted by atomic mass is 16.4. The first kappa shape index (κ1) is 17.2. The van der Waals surface area contributed by atoms with E-state index in [4.69, 9.17) is 10.2 Å². The zero-order valence-corrected chi connectivity index (χ0v) is 14.2. The number of fused-ring (bicyclic) bond motifs is 1. The van der Waals surface area contributed by atoms with Crippen LogP contribution in [0.2, 0.25) is 0 Å². The van der Waals surface area contributed by atoms with Gasteiger partial charge in [0.25, 0.3) is 0 Å². The van der Waals surface area contributed by atoms with Crippen LogP contribution in [0.15, 0.2) is 33.5 Å². The second-order valence-corrected chi connectivity index (χ2v) is 6.43. The first-order valence-electron chi connectivity index (χ1n) is 8.28. The molecular formula is C18H21N3O4. The maximum atomic E-state index is 12.6. The smallest absolute Gasteiger partial charge is 0.336 e. The number of hydrogen-bond donors (Lipinski definition) is 2. The molecule has 1 aromatic heterocycles. The maximum Gasteiger partial charge on any atom is 0.336 e. The van der Waals surface area contributed by atoms with Gasteiger partial charge in [0.05, 0.1) is 6.04 Å². The monoisotopic (exact) mass is 343 g/mol. The van der Waals surface area contributed by atoms with Gasteiger partial charge in [-0.1, -0.05) is 0 Å². The molecule has 2 unspecified atom stereocenters. The fourth-order valence-corrected chi connectivity index (χ4v) is 3.19. The summed E-state index contributed by atoms with van der Waals surface area (Å²) in [6.45, 7) is 3.97. The van der Waals surface area contributed by atoms with Crippen LogP contribution >= 0.6 is 0 Å². The molecule has 2 amide bonds. The molecule has 0 bridgehead atoms. The van der Waals surface area contributed by atoms with Crippen molar-refractivity contribution in [3.63, 3.8) is 0 Å². The Morgan fingerprint density at radius 2 is 2.12 bits per heavy atom. The van der Waals surface area contributed by atoms with Gasteiger partial charge in [0.1, 0.15) is 11.6 Å². The molecule has 7 heteroatoms. The van der Waals surface area contributed by atoms with Crippen molar-refractivity contribution in [3.05, 3.63) is 40.2 Å². The summed E-state index contributed by atoms with van der Waals surface area (Å²) >= 11 is 0. The number of hydrogen-bond acceptors (Lipinski definition) is 5. The molecule has 1 aliphatic heterocycles. The number of amides is 2. The quantitative estimate of drug-likeness (QED) is 0.819. The first-order chi connectivity index (χ1) is 11.9. The third-order valence-corrected chi connectivity index (χ3v) is 4.45. The summed E-state index contributed by atoms with van der Waals surface area (Å²) in [5.74, 6) is -0.487. The van der Waals surface area contributed by atoms with Crippen LogP contribution in [0.1, 0.15) is 25.3 Å². The summed E-state index contributed by atoms with van der Waals surface area (Å²) in [6.07, 6.45) is 1.37. The van der Waals surface area contributed by atoms with E-state index in [1.54, 1.807) is 25.1 Å². The Bertz CT molecular complexity index is 888. The molecule has 0 aliphatic carbocycles. The van der Waals surface area contributed by atoms with Crippen LogP contribution in [0.4, 0.5) is 5.69 Å². The number of likely N-dealkylation sites (tertiary alicyclic amines) is 1. The minimum Gasteiger partial charge on any atom is -0.423 e. The lowest BCUT2D eigenvalue weighted by atomic mass is 10.1. The van der Waals surface area contributed by atoms with Gasteiger partial charge in [-0.15, -0.1) is 0 Å². The molecule has 2 aromatic rings. The number of anilines is 1. The molecule has 3 rings (SSSR count). The summed E-state index contributed by atoms with van der Waals surface area (Å²) in [6, 6.07) is 5.43. The topological polar surface area (TPSA) is 106 Å². The van der Waals surface area contributed by atoms with E-state index in [0.717, 1.165) is 17.4 Å². The van der Waals surface area contributed by atoms with E-state index < -0.39 is 17.7 Å². The molecule has 1 aromatic carbocycles. The summed E-state index contributed by atoms with van der Waals surface area (Å²) in [7, 11) is 0. The zero-order valence-electron chi connectivity index (χ0n) is 14.2. The molecule has 1 saturated heterocycles. The van der Waals surface area contributed by atoms with Gasteiger partial charge in [0, 0.05) is 29.8 Å². The predicted molar refractivity (Wildman–Crippen MR) is 94.2 cm³/mol. The van der Waals surface area contributed by atoms with Gasteiger partial charge in [0.2, 0.25) is 11.8 Å². The molecular weight excluding hydrogens is 322 g/mol. The van der Waals surface area contributed by atoms with Crippen molar-refractivity contribution < 1.29 is 14.0 Å². The summed E-state index contributed by atoms with van der Waals surface area (Å²) in [5.41, 5.74) is 6.97. The van der Waals surface area contributed by atoms with Crippen molar-refractivity contribution in [2.45, 2.75) is 38.8 Å². The van der Waals surface area contributed by atoms with Gasteiger partial charge in [-0.05, 0) is 44.4 Å². The van der Waals surface area contributed by atoms with Crippen LogP contribution in [0.3, 0.4) is 0 Å². The van der Waals surface area contributed by atoms with Crippen molar-refractivity contribution >= 4 is 28.5 Å².